The van der Waals surface area contributed by atoms with Gasteiger partial charge < -0.3 is 10.2 Å². The van der Waals surface area contributed by atoms with Gasteiger partial charge in [0.15, 0.2) is 0 Å². The minimum absolute atomic E-state index is 0.571. The molecule has 10 heavy (non-hydrogen) atoms. The van der Waals surface area contributed by atoms with Crippen molar-refractivity contribution in [3.63, 3.8) is 0 Å². The lowest BCUT2D eigenvalue weighted by atomic mass is 10.2. The van der Waals surface area contributed by atoms with Gasteiger partial charge in [0, 0.05) is 0 Å². The van der Waals surface area contributed by atoms with Crippen LogP contribution >= 0.6 is 0 Å². The molecule has 0 aliphatic carbocycles. The molecule has 0 aromatic rings. The molecule has 3 nitrogen and oxygen atoms in total. The molecule has 3 heteroatoms. The smallest absolute Gasteiger partial charge is 0.320 e. The first kappa shape index (κ1) is 9.01. The van der Waals surface area contributed by atoms with Crippen LogP contribution in [0.1, 0.15) is 26.2 Å². The highest BCUT2D eigenvalue weighted by molar-refractivity contribution is 5.82. The molecule has 58 valence electrons. The Hall–Kier alpha value is -0.990. The van der Waals surface area contributed by atoms with E-state index in [1.54, 1.807) is 0 Å². The summed E-state index contributed by atoms with van der Waals surface area (Å²) in [5.41, 5.74) is 0. The van der Waals surface area contributed by atoms with E-state index in [9.17, 15) is 9.90 Å². The molecule has 0 aliphatic heterocycles. The zero-order chi connectivity index (χ0) is 7.98. The van der Waals surface area contributed by atoms with Gasteiger partial charge in [0.25, 0.3) is 0 Å². The van der Waals surface area contributed by atoms with Crippen molar-refractivity contribution in [3.8, 4) is 0 Å². The third-order valence-corrected chi connectivity index (χ3v) is 1.10. The van der Waals surface area contributed by atoms with Crippen molar-refractivity contribution in [2.45, 2.75) is 26.2 Å². The average Bonchev–Trinajstić information content (AvgIpc) is 1.88. The molecular weight excluding hydrogens is 132 g/mol. The molecule has 0 aliphatic rings. The zero-order valence-electron chi connectivity index (χ0n) is 5.96. The minimum Gasteiger partial charge on any atom is -0.868 e. The second kappa shape index (κ2) is 4.85. The van der Waals surface area contributed by atoms with E-state index in [-0.39, 0.29) is 0 Å². The van der Waals surface area contributed by atoms with E-state index < -0.39 is 11.7 Å². The lowest BCUT2D eigenvalue weighted by Gasteiger charge is -2.03. The number of hydrogen-bond acceptors (Lipinski definition) is 2. The van der Waals surface area contributed by atoms with Gasteiger partial charge in [0.2, 0.25) is 0 Å². The van der Waals surface area contributed by atoms with Gasteiger partial charge in [-0.15, -0.1) is 0 Å². The van der Waals surface area contributed by atoms with Gasteiger partial charge in [0.1, 0.15) is 0 Å². The summed E-state index contributed by atoms with van der Waals surface area (Å²) in [5.74, 6) is -2.16. The van der Waals surface area contributed by atoms with E-state index in [1.807, 2.05) is 6.92 Å². The van der Waals surface area contributed by atoms with Gasteiger partial charge in [-0.3, -0.25) is 0 Å². The Kier molecular flexibility index (Phi) is 4.37. The van der Waals surface area contributed by atoms with Gasteiger partial charge in [-0.05, 0) is 12.2 Å². The molecule has 0 radical (unpaired) electrons. The lowest BCUT2D eigenvalue weighted by Crippen LogP contribution is -2.13. The van der Waals surface area contributed by atoms with Crippen molar-refractivity contribution in [1.29, 1.82) is 0 Å². The molecule has 0 rings (SSSR count). The summed E-state index contributed by atoms with van der Waals surface area (Å²) in [4.78, 5) is 9.91. The van der Waals surface area contributed by atoms with E-state index in [4.69, 9.17) is 5.11 Å². The molecule has 0 aromatic carbocycles. The standard InChI is InChI=1S/C7H12O3/c1-2-3-4-5-6(8)7(9)10/h5,8H,2-4H2,1H3,(H,9,10)/p-1/b6-5-. The molecule has 0 saturated carbocycles. The predicted octanol–water partition coefficient (Wildman–Crippen LogP) is 0.505. The second-order valence-electron chi connectivity index (χ2n) is 2.02. The maximum atomic E-state index is 10.4. The maximum Gasteiger partial charge on any atom is 0.320 e. The SMILES string of the molecule is CCCC/C=C(\[O-])C(=O)O. The van der Waals surface area contributed by atoms with E-state index >= 15 is 0 Å². The van der Waals surface area contributed by atoms with Gasteiger partial charge in [-0.1, -0.05) is 25.8 Å². The molecule has 0 aromatic heterocycles. The summed E-state index contributed by atoms with van der Waals surface area (Å²) < 4.78 is 0. The molecule has 0 amide bonds. The Balaban J connectivity index is 3.58. The number of unbranched alkanes of at least 4 members (excludes halogenated alkanes) is 2. The fourth-order valence-corrected chi connectivity index (χ4v) is 0.525. The van der Waals surface area contributed by atoms with Gasteiger partial charge in [-0.25, -0.2) is 4.79 Å². The number of carboxylic acids is 1. The highest BCUT2D eigenvalue weighted by atomic mass is 16.4. The summed E-state index contributed by atoms with van der Waals surface area (Å²) in [5, 5.41) is 18.5. The number of carboxylic acid groups (broad SMARTS) is 1. The summed E-state index contributed by atoms with van der Waals surface area (Å²) in [6.45, 7) is 1.99. The largest absolute Gasteiger partial charge is 0.868 e. The lowest BCUT2D eigenvalue weighted by molar-refractivity contribution is -0.303. The average molecular weight is 143 g/mol. The van der Waals surface area contributed by atoms with Gasteiger partial charge >= 0.3 is 5.97 Å². The number of aliphatic carboxylic acids is 1. The topological polar surface area (TPSA) is 60.4 Å². The molecule has 0 spiro atoms. The van der Waals surface area contributed by atoms with Crippen molar-refractivity contribution >= 4 is 5.97 Å². The van der Waals surface area contributed by atoms with Crippen molar-refractivity contribution in [2.75, 3.05) is 0 Å². The van der Waals surface area contributed by atoms with E-state index in [0.29, 0.717) is 6.42 Å². The van der Waals surface area contributed by atoms with Crippen LogP contribution in [0.15, 0.2) is 11.8 Å². The highest BCUT2D eigenvalue weighted by Crippen LogP contribution is 1.96. The monoisotopic (exact) mass is 143 g/mol. The minimum atomic E-state index is -1.36. The predicted molar refractivity (Wildman–Crippen MR) is 35.2 cm³/mol. The van der Waals surface area contributed by atoms with E-state index in [2.05, 4.69) is 0 Å². The van der Waals surface area contributed by atoms with Crippen LogP contribution in [0.5, 0.6) is 0 Å². The molecule has 0 unspecified atom stereocenters. The summed E-state index contributed by atoms with van der Waals surface area (Å²) >= 11 is 0. The number of rotatable bonds is 4. The Morgan fingerprint density at radius 3 is 2.70 bits per heavy atom. The first-order valence-corrected chi connectivity index (χ1v) is 3.29. The van der Waals surface area contributed by atoms with Crippen LogP contribution in [0.2, 0.25) is 0 Å². The number of allylic oxidation sites excluding steroid dienone is 1. The molecular formula is C7H11O3-. The van der Waals surface area contributed by atoms with Crippen LogP contribution < -0.4 is 5.11 Å². The second-order valence-corrected chi connectivity index (χ2v) is 2.02. The summed E-state index contributed by atoms with van der Waals surface area (Å²) in [6.07, 6.45) is 3.63. The van der Waals surface area contributed by atoms with Crippen molar-refractivity contribution < 1.29 is 15.0 Å². The van der Waals surface area contributed by atoms with Crippen LogP contribution in [0.4, 0.5) is 0 Å². The molecule has 0 atom stereocenters. The zero-order valence-corrected chi connectivity index (χ0v) is 5.96. The molecule has 0 bridgehead atoms. The van der Waals surface area contributed by atoms with E-state index in [1.165, 1.54) is 6.08 Å². The van der Waals surface area contributed by atoms with Gasteiger partial charge in [0.05, 0.1) is 0 Å². The fraction of sp³-hybridized carbons (Fsp3) is 0.571. The summed E-state index contributed by atoms with van der Waals surface area (Å²) in [7, 11) is 0. The van der Waals surface area contributed by atoms with Crippen LogP contribution in [-0.4, -0.2) is 11.1 Å². The van der Waals surface area contributed by atoms with Crippen molar-refractivity contribution in [1.82, 2.24) is 0 Å². The first-order valence-electron chi connectivity index (χ1n) is 3.29. The molecule has 1 N–H and O–H groups in total. The van der Waals surface area contributed by atoms with Crippen molar-refractivity contribution in [2.24, 2.45) is 0 Å². The Morgan fingerprint density at radius 1 is 1.70 bits per heavy atom. The fourth-order valence-electron chi connectivity index (χ4n) is 0.525. The third-order valence-electron chi connectivity index (χ3n) is 1.10. The van der Waals surface area contributed by atoms with Crippen LogP contribution in [0, 0.1) is 0 Å². The summed E-state index contributed by atoms with van der Waals surface area (Å²) in [6, 6.07) is 0. The van der Waals surface area contributed by atoms with Crippen LogP contribution in [0.25, 0.3) is 0 Å². The van der Waals surface area contributed by atoms with E-state index in [0.717, 1.165) is 12.8 Å². The number of hydrogen-bond donors (Lipinski definition) is 1. The number of carbonyl (C=O) groups is 1. The van der Waals surface area contributed by atoms with Crippen LogP contribution in [0.3, 0.4) is 0 Å². The van der Waals surface area contributed by atoms with Gasteiger partial charge in [-0.2, -0.15) is 0 Å². The highest BCUT2D eigenvalue weighted by Gasteiger charge is 1.90. The third kappa shape index (κ3) is 3.95. The Morgan fingerprint density at radius 2 is 2.30 bits per heavy atom. The van der Waals surface area contributed by atoms with Crippen LogP contribution in [-0.2, 0) is 4.79 Å². The molecule has 0 fully saturated rings. The normalized spacial score (nSPS) is 11.5. The first-order chi connectivity index (χ1) is 4.68. The quantitative estimate of drug-likeness (QED) is 0.354. The Labute approximate surface area is 60.0 Å². The maximum absolute atomic E-state index is 10.4. The van der Waals surface area contributed by atoms with Crippen molar-refractivity contribution in [3.05, 3.63) is 11.8 Å². The molecule has 0 saturated heterocycles. The Bertz CT molecular complexity index is 138. The molecule has 0 heterocycles.